The number of amides is 5. The molecule has 8 N–H and O–H groups in total. The Kier molecular flexibility index (Phi) is 14.8. The van der Waals surface area contributed by atoms with E-state index in [9.17, 15) is 29.1 Å². The number of unbranched alkanes of at least 4 members (excludes halogenated alkanes) is 1. The largest absolute Gasteiger partial charge is 0.508 e. The highest BCUT2D eigenvalue weighted by molar-refractivity contribution is 6.18. The summed E-state index contributed by atoms with van der Waals surface area (Å²) in [5.74, 6) is -1.42. The zero-order valence-corrected chi connectivity index (χ0v) is 31.7. The number of furan rings is 1. The molecule has 0 saturated heterocycles. The third-order valence-electron chi connectivity index (χ3n) is 8.12. The highest BCUT2D eigenvalue weighted by Gasteiger charge is 2.20. The number of fused-ring (bicyclic) bond motifs is 1. The average Bonchev–Trinajstić information content (AvgIpc) is 3.83. The van der Waals surface area contributed by atoms with Gasteiger partial charge in [0.1, 0.15) is 11.3 Å². The van der Waals surface area contributed by atoms with Crippen LogP contribution >= 0.6 is 24.0 Å². The van der Waals surface area contributed by atoms with Gasteiger partial charge in [0.2, 0.25) is 23.5 Å². The number of anilines is 4. The number of aryl methyl sites for hydroxylation is 3. The van der Waals surface area contributed by atoms with Crippen LogP contribution in [0.2, 0.25) is 0 Å². The van der Waals surface area contributed by atoms with Crippen LogP contribution in [0, 0.1) is 0 Å². The van der Waals surface area contributed by atoms with Crippen LogP contribution in [0.4, 0.5) is 23.0 Å². The number of aromatic nitrogens is 4. The number of halogens is 2. The van der Waals surface area contributed by atoms with Crippen molar-refractivity contribution in [2.45, 2.75) is 38.5 Å². The van der Waals surface area contributed by atoms with Crippen molar-refractivity contribution in [2.24, 2.45) is 19.8 Å². The summed E-state index contributed by atoms with van der Waals surface area (Å²) in [5, 5.41) is 24.0. The zero-order valence-electron chi connectivity index (χ0n) is 30.1. The van der Waals surface area contributed by atoms with Crippen molar-refractivity contribution in [2.75, 3.05) is 40.2 Å². The molecule has 5 amide bonds. The molecule has 0 unspecified atom stereocenters. The van der Waals surface area contributed by atoms with E-state index in [0.29, 0.717) is 47.7 Å². The van der Waals surface area contributed by atoms with Gasteiger partial charge in [-0.15, -0.1) is 24.0 Å². The lowest BCUT2D eigenvalue weighted by Gasteiger charge is -2.09. The molecule has 0 aliphatic carbocycles. The predicted octanol–water partition coefficient (Wildman–Crippen LogP) is 4.53. The molecule has 0 atom stereocenters. The van der Waals surface area contributed by atoms with Crippen LogP contribution in [-0.4, -0.2) is 72.7 Å². The molecule has 0 aliphatic rings. The summed E-state index contributed by atoms with van der Waals surface area (Å²) >= 11 is 5.87. The number of alkyl halides is 1. The molecule has 3 heterocycles. The molecule has 5 rings (SSSR count). The second-order valence-corrected chi connectivity index (χ2v) is 12.8. The minimum absolute atomic E-state index is 0. The number of rotatable bonds is 17. The van der Waals surface area contributed by atoms with Gasteiger partial charge in [-0.1, -0.05) is 6.07 Å². The highest BCUT2D eigenvalue weighted by atomic mass is 35.5. The molecule has 5 aromatic rings. The summed E-state index contributed by atoms with van der Waals surface area (Å²) in [4.78, 5) is 72.0. The maximum absolute atomic E-state index is 12.9. The quantitative estimate of drug-likeness (QED) is 0.0512. The number of nitrogens with two attached hydrogens (primary N) is 1. The first-order chi connectivity index (χ1) is 25.9. The number of phenolic OH excluding ortho intramolecular Hbond substituents is 1. The Labute approximate surface area is 326 Å². The van der Waals surface area contributed by atoms with Crippen LogP contribution in [0.3, 0.4) is 0 Å². The summed E-state index contributed by atoms with van der Waals surface area (Å²) in [6.07, 6.45) is 5.29. The predicted molar refractivity (Wildman–Crippen MR) is 210 cm³/mol. The lowest BCUT2D eigenvalue weighted by molar-refractivity contribution is -0.117. The van der Waals surface area contributed by atoms with E-state index in [2.05, 4.69) is 36.6 Å². The van der Waals surface area contributed by atoms with Crippen LogP contribution in [0.5, 0.6) is 5.75 Å². The smallest absolute Gasteiger partial charge is 0.292 e. The SMILES string of the molecule is Cl.Cn1cc(NC(=O)c2nc(NC(=O)CCCC(=O)Nc3ccc4oc(C(=O)Nc5cc(O)ccc5CCCl)cc4c3)cn2C)nc1C(=O)NCCCCN. The number of imidazole rings is 2. The van der Waals surface area contributed by atoms with Crippen molar-refractivity contribution in [3.05, 3.63) is 77.8 Å². The molecular weight excluding hydrogens is 755 g/mol. The molecule has 0 aliphatic heterocycles. The van der Waals surface area contributed by atoms with Crippen molar-refractivity contribution in [1.82, 2.24) is 24.4 Å². The van der Waals surface area contributed by atoms with Crippen molar-refractivity contribution >= 4 is 87.5 Å². The first kappa shape index (κ1) is 41.8. The van der Waals surface area contributed by atoms with Gasteiger partial charge in [-0.2, -0.15) is 0 Å². The number of phenols is 1. The van der Waals surface area contributed by atoms with Crippen molar-refractivity contribution in [3.8, 4) is 5.75 Å². The topological polar surface area (TPSA) is 241 Å². The number of nitrogens with zero attached hydrogens (tertiary/aromatic N) is 4. The molecular formula is C36H42Cl2N10O7. The van der Waals surface area contributed by atoms with Gasteiger partial charge in [0.15, 0.2) is 17.4 Å². The molecule has 292 valence electrons. The van der Waals surface area contributed by atoms with E-state index in [1.807, 2.05) is 0 Å². The zero-order chi connectivity index (χ0) is 38.8. The molecule has 17 nitrogen and oxygen atoms in total. The molecule has 55 heavy (non-hydrogen) atoms. The van der Waals surface area contributed by atoms with Crippen LogP contribution < -0.4 is 32.3 Å². The highest BCUT2D eigenvalue weighted by Crippen LogP contribution is 2.27. The first-order valence-electron chi connectivity index (χ1n) is 17.1. The van der Waals surface area contributed by atoms with Crippen molar-refractivity contribution in [3.63, 3.8) is 0 Å². The second-order valence-electron chi connectivity index (χ2n) is 12.4. The van der Waals surface area contributed by atoms with Gasteiger partial charge >= 0.3 is 0 Å². The molecule has 0 radical (unpaired) electrons. The summed E-state index contributed by atoms with van der Waals surface area (Å²) in [7, 11) is 3.22. The van der Waals surface area contributed by atoms with E-state index in [-0.39, 0.29) is 78.3 Å². The fourth-order valence-corrected chi connectivity index (χ4v) is 5.66. The Bertz CT molecular complexity index is 2180. The molecule has 0 saturated carbocycles. The molecule has 19 heteroatoms. The number of hydrogen-bond acceptors (Lipinski definition) is 10. The Hall–Kier alpha value is -5.91. The minimum atomic E-state index is -0.596. The van der Waals surface area contributed by atoms with Gasteiger partial charge in [0.05, 0.1) is 0 Å². The fourth-order valence-electron chi connectivity index (χ4n) is 5.45. The van der Waals surface area contributed by atoms with E-state index in [1.165, 1.54) is 33.7 Å². The second kappa shape index (κ2) is 19.4. The third-order valence-corrected chi connectivity index (χ3v) is 8.31. The Morgan fingerprint density at radius 3 is 2.16 bits per heavy atom. The number of aromatic hydroxyl groups is 1. The Morgan fingerprint density at radius 2 is 1.47 bits per heavy atom. The number of benzene rings is 2. The molecule has 3 aromatic heterocycles. The number of carbonyl (C=O) groups is 5. The maximum atomic E-state index is 12.9. The van der Waals surface area contributed by atoms with E-state index in [4.69, 9.17) is 21.8 Å². The van der Waals surface area contributed by atoms with Crippen molar-refractivity contribution in [1.29, 1.82) is 0 Å². The van der Waals surface area contributed by atoms with Gasteiger partial charge in [-0.3, -0.25) is 24.0 Å². The summed E-state index contributed by atoms with van der Waals surface area (Å²) in [6, 6.07) is 11.1. The van der Waals surface area contributed by atoms with Crippen LogP contribution in [-0.2, 0) is 30.1 Å². The monoisotopic (exact) mass is 796 g/mol. The summed E-state index contributed by atoms with van der Waals surface area (Å²) in [5.41, 5.74) is 7.57. The van der Waals surface area contributed by atoms with Crippen molar-refractivity contribution < 1.29 is 33.5 Å². The summed E-state index contributed by atoms with van der Waals surface area (Å²) < 4.78 is 8.64. The van der Waals surface area contributed by atoms with Crippen LogP contribution in [0.25, 0.3) is 11.0 Å². The number of carbonyl (C=O) groups excluding carboxylic acids is 5. The van der Waals surface area contributed by atoms with Crippen LogP contribution in [0.1, 0.15) is 69.5 Å². The fraction of sp³-hybridized carbons (Fsp3) is 0.306. The molecule has 0 spiro atoms. The molecule has 0 bridgehead atoms. The average molecular weight is 798 g/mol. The normalized spacial score (nSPS) is 10.8. The Morgan fingerprint density at radius 1 is 0.800 bits per heavy atom. The van der Waals surface area contributed by atoms with E-state index in [0.717, 1.165) is 18.4 Å². The summed E-state index contributed by atoms with van der Waals surface area (Å²) in [6.45, 7) is 0.990. The van der Waals surface area contributed by atoms with E-state index in [1.54, 1.807) is 44.4 Å². The van der Waals surface area contributed by atoms with Gasteiger partial charge in [0.25, 0.3) is 17.7 Å². The lowest BCUT2D eigenvalue weighted by atomic mass is 10.1. The first-order valence-corrected chi connectivity index (χ1v) is 17.7. The maximum Gasteiger partial charge on any atom is 0.292 e. The number of nitrogens with one attached hydrogen (secondary N) is 5. The lowest BCUT2D eigenvalue weighted by Crippen LogP contribution is -2.27. The number of hydrogen-bond donors (Lipinski definition) is 7. The van der Waals surface area contributed by atoms with E-state index >= 15 is 0 Å². The van der Waals surface area contributed by atoms with Gasteiger partial charge in [-0.05, 0) is 68.1 Å². The third kappa shape index (κ3) is 11.3. The van der Waals surface area contributed by atoms with E-state index < -0.39 is 17.7 Å². The standard InChI is InChI=1S/C36H41ClN10O7.ClH/c1-46-20-29(44-32(46)35(52)39-15-4-3-14-38)45-36(53)33-43-28(19-47(33)2)42-31(50)7-5-6-30(49)40-23-9-11-26-22(16-23)17-27(54-26)34(51)41-25-18-24(48)10-8-21(25)12-13-37;/h8-11,16-20,48H,3-7,12-15,38H2,1-2H3,(H,39,52)(H,40,49)(H,41,51)(H,42,50)(H,45,53);1H. The molecule has 0 fully saturated rings. The minimum Gasteiger partial charge on any atom is -0.508 e. The Balaban J connectivity index is 0.00000673. The molecule has 2 aromatic carbocycles. The van der Waals surface area contributed by atoms with Gasteiger partial charge < -0.3 is 51.0 Å². The van der Waals surface area contributed by atoms with Gasteiger partial charge in [-0.25, -0.2) is 9.97 Å². The van der Waals surface area contributed by atoms with Crippen LogP contribution in [0.15, 0.2) is 59.3 Å². The van der Waals surface area contributed by atoms with Gasteiger partial charge in [0, 0.05) is 74.6 Å².